The van der Waals surface area contributed by atoms with Crippen molar-refractivity contribution in [3.05, 3.63) is 35.3 Å². The van der Waals surface area contributed by atoms with E-state index in [9.17, 15) is 31.2 Å². The molecule has 1 aromatic heterocycles. The number of aromatic nitrogens is 2. The predicted octanol–water partition coefficient (Wildman–Crippen LogP) is 2.05. The van der Waals surface area contributed by atoms with Crippen molar-refractivity contribution in [1.29, 1.82) is 0 Å². The molecule has 176 valence electrons. The summed E-state index contributed by atoms with van der Waals surface area (Å²) in [6.07, 6.45) is -3.91. The Kier molecular flexibility index (Phi) is 7.27. The van der Waals surface area contributed by atoms with Crippen LogP contribution in [0.4, 0.5) is 29.1 Å². The van der Waals surface area contributed by atoms with Gasteiger partial charge in [0.25, 0.3) is 0 Å². The van der Waals surface area contributed by atoms with Gasteiger partial charge in [-0.1, -0.05) is 0 Å². The van der Waals surface area contributed by atoms with E-state index in [4.69, 9.17) is 4.18 Å². The minimum Gasteiger partial charge on any atom is -0.365 e. The van der Waals surface area contributed by atoms with Crippen LogP contribution in [0.5, 0.6) is 0 Å². The van der Waals surface area contributed by atoms with E-state index >= 15 is 0 Å². The first-order valence-electron chi connectivity index (χ1n) is 9.18. The van der Waals surface area contributed by atoms with Gasteiger partial charge in [0, 0.05) is 19.6 Å². The lowest BCUT2D eigenvalue weighted by Gasteiger charge is -2.28. The molecule has 0 atom stereocenters. The summed E-state index contributed by atoms with van der Waals surface area (Å²) in [4.78, 5) is 3.78. The molecule has 0 unspecified atom stereocenters. The molecular weight excluding hydrogens is 464 g/mol. The van der Waals surface area contributed by atoms with Crippen LogP contribution in [0.25, 0.3) is 0 Å². The minimum absolute atomic E-state index is 0.0333. The number of aliphatic imine (C=N–C) groups is 1. The van der Waals surface area contributed by atoms with E-state index < -0.39 is 33.7 Å². The molecule has 1 aromatic carbocycles. The molecule has 1 aliphatic heterocycles. The van der Waals surface area contributed by atoms with Gasteiger partial charge < -0.3 is 5.32 Å². The van der Waals surface area contributed by atoms with E-state index in [0.717, 1.165) is 12.5 Å². The molecule has 0 saturated carbocycles. The average Bonchev–Trinajstić information content (AvgIpc) is 3.12. The maximum absolute atomic E-state index is 13.4. The van der Waals surface area contributed by atoms with Crippen LogP contribution in [-0.4, -0.2) is 60.3 Å². The topological polar surface area (TPSA) is 142 Å². The smallest absolute Gasteiger partial charge is 0.365 e. The number of benzene rings is 1. The number of rotatable bonds is 9. The molecule has 2 aromatic rings. The number of hydrogen-bond donors (Lipinski definition) is 3. The van der Waals surface area contributed by atoms with Crippen molar-refractivity contribution in [2.75, 3.05) is 31.6 Å². The number of hydrogen-bond acceptors (Lipinski definition) is 9. The van der Waals surface area contributed by atoms with Crippen LogP contribution >= 0.6 is 0 Å². The molecule has 16 heteroatoms. The van der Waals surface area contributed by atoms with Crippen LogP contribution in [0, 0.1) is 5.82 Å². The van der Waals surface area contributed by atoms with Gasteiger partial charge in [-0.25, -0.2) is 14.0 Å². The summed E-state index contributed by atoms with van der Waals surface area (Å²) in [5, 5.41) is 19.2. The van der Waals surface area contributed by atoms with Crippen LogP contribution in [0.1, 0.15) is 24.1 Å². The van der Waals surface area contributed by atoms with Crippen molar-refractivity contribution in [2.24, 2.45) is 4.99 Å². The third-order valence-electron chi connectivity index (χ3n) is 4.29. The Morgan fingerprint density at radius 3 is 2.69 bits per heavy atom. The van der Waals surface area contributed by atoms with Crippen molar-refractivity contribution >= 4 is 27.6 Å². The molecule has 0 amide bonds. The van der Waals surface area contributed by atoms with Crippen molar-refractivity contribution in [2.45, 2.75) is 19.0 Å². The minimum atomic E-state index is -4.93. The summed E-state index contributed by atoms with van der Waals surface area (Å²) in [5.74, 6) is -1.93. The van der Waals surface area contributed by atoms with E-state index in [-0.39, 0.29) is 36.8 Å². The first-order chi connectivity index (χ1) is 15.1. The fourth-order valence-corrected chi connectivity index (χ4v) is 3.73. The van der Waals surface area contributed by atoms with Gasteiger partial charge in [-0.2, -0.15) is 25.9 Å². The number of amidine groups is 1. The molecule has 3 rings (SSSR count). The lowest BCUT2D eigenvalue weighted by Crippen LogP contribution is -2.43. The highest BCUT2D eigenvalue weighted by Crippen LogP contribution is 2.33. The van der Waals surface area contributed by atoms with Crippen molar-refractivity contribution in [3.63, 3.8) is 0 Å². The van der Waals surface area contributed by atoms with Crippen LogP contribution in [-0.2, 0) is 20.7 Å². The standard InChI is InChI=1S/C16H18F4N6O5S/c17-12-4-3-10(9-11(12)16(18,19)20)22-15(23-27)13-14(25-31-24-13)21-5-1-8-30-32(28,29)26-6-2-7-26/h3-4,9,27H,1-2,5-8H2,(H,21,25)(H,22,23). The highest BCUT2D eigenvalue weighted by molar-refractivity contribution is 7.84. The van der Waals surface area contributed by atoms with Gasteiger partial charge in [0.15, 0.2) is 11.5 Å². The molecule has 0 bridgehead atoms. The molecule has 1 saturated heterocycles. The molecule has 11 nitrogen and oxygen atoms in total. The van der Waals surface area contributed by atoms with Crippen molar-refractivity contribution < 1.29 is 40.0 Å². The third-order valence-corrected chi connectivity index (χ3v) is 5.75. The third kappa shape index (κ3) is 5.70. The molecule has 0 radical (unpaired) electrons. The van der Waals surface area contributed by atoms with Crippen molar-refractivity contribution in [1.82, 2.24) is 20.1 Å². The molecule has 0 spiro atoms. The predicted molar refractivity (Wildman–Crippen MR) is 101 cm³/mol. The lowest BCUT2D eigenvalue weighted by atomic mass is 10.2. The summed E-state index contributed by atoms with van der Waals surface area (Å²) in [6.45, 7) is 0.887. The molecule has 1 aliphatic rings. The number of hydroxylamine groups is 1. The Morgan fingerprint density at radius 2 is 2.06 bits per heavy atom. The maximum Gasteiger partial charge on any atom is 0.419 e. The Morgan fingerprint density at radius 1 is 1.31 bits per heavy atom. The van der Waals surface area contributed by atoms with Crippen LogP contribution in [0.2, 0.25) is 0 Å². The summed E-state index contributed by atoms with van der Waals surface area (Å²) in [6, 6.07) is 2.02. The van der Waals surface area contributed by atoms with E-state index in [0.29, 0.717) is 25.2 Å². The van der Waals surface area contributed by atoms with E-state index in [1.807, 2.05) is 0 Å². The van der Waals surface area contributed by atoms with E-state index in [1.54, 1.807) is 5.48 Å². The SMILES string of the molecule is O=S(=O)(OCCCNc1nonc1C(=Nc1ccc(F)c(C(F)(F)F)c1)NO)N1CCC1. The van der Waals surface area contributed by atoms with Gasteiger partial charge in [0.1, 0.15) is 5.82 Å². The number of nitrogens with zero attached hydrogens (tertiary/aromatic N) is 4. The summed E-state index contributed by atoms with van der Waals surface area (Å²) < 4.78 is 86.2. The molecular formula is C16H18F4N6O5S. The van der Waals surface area contributed by atoms with Crippen LogP contribution in [0.15, 0.2) is 27.8 Å². The van der Waals surface area contributed by atoms with E-state index in [2.05, 4.69) is 25.3 Å². The summed E-state index contributed by atoms with van der Waals surface area (Å²) >= 11 is 0. The Hall–Kier alpha value is -2.82. The molecule has 0 aliphatic carbocycles. The fraction of sp³-hybridized carbons (Fsp3) is 0.438. The fourth-order valence-electron chi connectivity index (χ4n) is 2.55. The monoisotopic (exact) mass is 482 g/mol. The largest absolute Gasteiger partial charge is 0.419 e. The van der Waals surface area contributed by atoms with Gasteiger partial charge >= 0.3 is 16.5 Å². The molecule has 2 heterocycles. The quantitative estimate of drug-likeness (QED) is 0.161. The Bertz CT molecular complexity index is 1070. The maximum atomic E-state index is 13.4. The molecule has 32 heavy (non-hydrogen) atoms. The second kappa shape index (κ2) is 9.76. The Balaban J connectivity index is 1.64. The number of alkyl halides is 3. The zero-order chi connectivity index (χ0) is 23.4. The normalized spacial score (nSPS) is 15.5. The zero-order valence-corrected chi connectivity index (χ0v) is 17.1. The second-order valence-electron chi connectivity index (χ2n) is 6.51. The number of halogens is 4. The lowest BCUT2D eigenvalue weighted by molar-refractivity contribution is -0.139. The average molecular weight is 482 g/mol. The molecule has 3 N–H and O–H groups in total. The summed E-state index contributed by atoms with van der Waals surface area (Å²) in [5.41, 5.74) is -0.357. The van der Waals surface area contributed by atoms with Crippen LogP contribution in [0.3, 0.4) is 0 Å². The van der Waals surface area contributed by atoms with Gasteiger partial charge in [-0.15, -0.1) is 0 Å². The first-order valence-corrected chi connectivity index (χ1v) is 10.5. The molecule has 1 fully saturated rings. The number of anilines is 1. The van der Waals surface area contributed by atoms with Crippen molar-refractivity contribution in [3.8, 4) is 0 Å². The van der Waals surface area contributed by atoms with Gasteiger partial charge in [0.2, 0.25) is 5.82 Å². The second-order valence-corrected chi connectivity index (χ2v) is 8.12. The van der Waals surface area contributed by atoms with E-state index in [1.165, 1.54) is 4.31 Å². The first kappa shape index (κ1) is 23.8. The van der Waals surface area contributed by atoms with Gasteiger partial charge in [-0.05, 0) is 41.4 Å². The number of nitrogens with one attached hydrogen (secondary N) is 2. The Labute approximate surface area is 179 Å². The van der Waals surface area contributed by atoms with Crippen LogP contribution < -0.4 is 10.8 Å². The highest BCUT2D eigenvalue weighted by atomic mass is 32.2. The summed E-state index contributed by atoms with van der Waals surface area (Å²) in [7, 11) is -3.75. The highest BCUT2D eigenvalue weighted by Gasteiger charge is 2.34. The van der Waals surface area contributed by atoms with Gasteiger partial charge in [-0.3, -0.25) is 14.9 Å². The zero-order valence-electron chi connectivity index (χ0n) is 16.3. The van der Waals surface area contributed by atoms with Gasteiger partial charge in [0.05, 0.1) is 17.9 Å².